The zero-order valence-electron chi connectivity index (χ0n) is 41.7. The zero-order valence-corrected chi connectivity index (χ0v) is 41.7. The van der Waals surface area contributed by atoms with Gasteiger partial charge < -0.3 is 14.2 Å². The summed E-state index contributed by atoms with van der Waals surface area (Å²) in [6, 6.07) is 0. The third-order valence-corrected chi connectivity index (χ3v) is 10.6. The molecule has 0 rings (SSSR count). The molecule has 0 aromatic rings. The molecular formula is C59H94O6. The van der Waals surface area contributed by atoms with E-state index in [1.54, 1.807) is 0 Å². The molecule has 0 saturated carbocycles. The number of hydrogen-bond donors (Lipinski definition) is 0. The molecule has 0 saturated heterocycles. The van der Waals surface area contributed by atoms with Crippen LogP contribution in [0.3, 0.4) is 0 Å². The van der Waals surface area contributed by atoms with E-state index in [2.05, 4.69) is 142 Å². The summed E-state index contributed by atoms with van der Waals surface area (Å²) in [5, 5.41) is 0. The summed E-state index contributed by atoms with van der Waals surface area (Å²) in [4.78, 5) is 38.0. The van der Waals surface area contributed by atoms with Crippen LogP contribution in [0.15, 0.2) is 122 Å². The van der Waals surface area contributed by atoms with Gasteiger partial charge in [-0.1, -0.05) is 219 Å². The van der Waals surface area contributed by atoms with E-state index >= 15 is 0 Å². The van der Waals surface area contributed by atoms with Crippen LogP contribution in [-0.4, -0.2) is 37.2 Å². The van der Waals surface area contributed by atoms with Crippen molar-refractivity contribution in [3.8, 4) is 0 Å². The van der Waals surface area contributed by atoms with Crippen LogP contribution in [0, 0.1) is 0 Å². The Bertz CT molecular complexity index is 1400. The fourth-order valence-electron chi connectivity index (χ4n) is 6.65. The van der Waals surface area contributed by atoms with Crippen LogP contribution in [0.5, 0.6) is 0 Å². The first-order chi connectivity index (χ1) is 32.0. The Balaban J connectivity index is 4.53. The van der Waals surface area contributed by atoms with Crippen LogP contribution in [0.25, 0.3) is 0 Å². The van der Waals surface area contributed by atoms with Crippen LogP contribution in [0.1, 0.15) is 213 Å². The van der Waals surface area contributed by atoms with E-state index in [0.717, 1.165) is 116 Å². The van der Waals surface area contributed by atoms with Crippen LogP contribution in [0.2, 0.25) is 0 Å². The largest absolute Gasteiger partial charge is 0.462 e. The number of unbranched alkanes of at least 4 members (excludes halogenated alkanes) is 19. The van der Waals surface area contributed by atoms with Gasteiger partial charge in [-0.2, -0.15) is 0 Å². The Morgan fingerprint density at radius 3 is 1.15 bits per heavy atom. The van der Waals surface area contributed by atoms with Gasteiger partial charge in [0.1, 0.15) is 13.2 Å². The van der Waals surface area contributed by atoms with E-state index in [9.17, 15) is 14.4 Å². The van der Waals surface area contributed by atoms with Gasteiger partial charge in [-0.15, -0.1) is 0 Å². The van der Waals surface area contributed by atoms with Crippen LogP contribution < -0.4 is 0 Å². The highest BCUT2D eigenvalue weighted by atomic mass is 16.6. The standard InChI is InChI=1S/C59H94O6/c1-4-7-10-13-16-19-22-24-26-28-30-32-34-37-40-43-46-49-52-58(61)64-55-56(54-63-57(60)51-48-45-42-39-36-21-18-15-12-9-6-3)65-59(62)53-50-47-44-41-38-35-33-31-29-27-25-23-20-17-14-11-8-5-2/h9,12,16,18-19,21-33,39,42,56H,4-8,10-11,13-15,17,20,34-38,40-41,43-55H2,1-3H3/b12-9-,19-16-,21-18-,24-22-,25-23-,28-26-,29-27-,32-30-,33-31-,42-39-. The number of esters is 3. The quantitative estimate of drug-likeness (QED) is 0.0199. The molecule has 0 aliphatic heterocycles. The minimum Gasteiger partial charge on any atom is -0.462 e. The third kappa shape index (κ3) is 50.7. The molecule has 0 aromatic heterocycles. The lowest BCUT2D eigenvalue weighted by Gasteiger charge is -2.18. The van der Waals surface area contributed by atoms with Gasteiger partial charge >= 0.3 is 17.9 Å². The summed E-state index contributed by atoms with van der Waals surface area (Å²) < 4.78 is 16.7. The minimum atomic E-state index is -0.822. The van der Waals surface area contributed by atoms with Crippen molar-refractivity contribution in [2.45, 2.75) is 219 Å². The Hall–Kier alpha value is -4.19. The lowest BCUT2D eigenvalue weighted by Crippen LogP contribution is -2.30. The van der Waals surface area contributed by atoms with Crippen molar-refractivity contribution in [1.29, 1.82) is 0 Å². The molecule has 1 atom stereocenters. The third-order valence-electron chi connectivity index (χ3n) is 10.6. The monoisotopic (exact) mass is 899 g/mol. The van der Waals surface area contributed by atoms with Crippen molar-refractivity contribution in [2.24, 2.45) is 0 Å². The van der Waals surface area contributed by atoms with Gasteiger partial charge in [0.05, 0.1) is 0 Å². The molecule has 0 fully saturated rings. The first-order valence-corrected chi connectivity index (χ1v) is 26.1. The highest BCUT2D eigenvalue weighted by Crippen LogP contribution is 2.12. The lowest BCUT2D eigenvalue weighted by atomic mass is 10.1. The van der Waals surface area contributed by atoms with E-state index in [0.29, 0.717) is 12.8 Å². The van der Waals surface area contributed by atoms with Crippen molar-refractivity contribution in [3.05, 3.63) is 122 Å². The number of carbonyl (C=O) groups is 3. The molecule has 1 unspecified atom stereocenters. The van der Waals surface area contributed by atoms with E-state index in [-0.39, 0.29) is 44.0 Å². The first-order valence-electron chi connectivity index (χ1n) is 26.1. The second-order valence-corrected chi connectivity index (χ2v) is 16.8. The molecule has 0 aliphatic rings. The van der Waals surface area contributed by atoms with Gasteiger partial charge in [-0.25, -0.2) is 0 Å². The summed E-state index contributed by atoms with van der Waals surface area (Å²) in [5.41, 5.74) is 0. The van der Waals surface area contributed by atoms with Crippen molar-refractivity contribution in [2.75, 3.05) is 13.2 Å². The molecule has 366 valence electrons. The molecule has 0 radical (unpaired) electrons. The fourth-order valence-corrected chi connectivity index (χ4v) is 6.65. The lowest BCUT2D eigenvalue weighted by molar-refractivity contribution is -0.167. The summed E-state index contributed by atoms with van der Waals surface area (Å²) >= 11 is 0. The van der Waals surface area contributed by atoms with Gasteiger partial charge in [0.15, 0.2) is 6.10 Å². The Morgan fingerprint density at radius 1 is 0.338 bits per heavy atom. The Kier molecular flexibility index (Phi) is 49.1. The van der Waals surface area contributed by atoms with Gasteiger partial charge in [0, 0.05) is 19.3 Å². The first kappa shape index (κ1) is 60.8. The number of ether oxygens (including phenoxy) is 3. The van der Waals surface area contributed by atoms with E-state index < -0.39 is 6.10 Å². The molecule has 0 bridgehead atoms. The van der Waals surface area contributed by atoms with Crippen molar-refractivity contribution >= 4 is 17.9 Å². The summed E-state index contributed by atoms with van der Waals surface area (Å²) in [5.74, 6) is -1.02. The Labute approximate surface area is 399 Å². The average molecular weight is 899 g/mol. The second kappa shape index (κ2) is 52.4. The molecule has 0 aliphatic carbocycles. The minimum absolute atomic E-state index is 0.118. The molecule has 6 nitrogen and oxygen atoms in total. The van der Waals surface area contributed by atoms with Crippen molar-refractivity contribution in [1.82, 2.24) is 0 Å². The molecule has 6 heteroatoms. The highest BCUT2D eigenvalue weighted by molar-refractivity contribution is 5.71. The van der Waals surface area contributed by atoms with Crippen LogP contribution in [-0.2, 0) is 28.6 Å². The highest BCUT2D eigenvalue weighted by Gasteiger charge is 2.19. The summed E-state index contributed by atoms with van der Waals surface area (Å²) in [6.07, 6.45) is 71.8. The summed E-state index contributed by atoms with van der Waals surface area (Å²) in [7, 11) is 0. The maximum Gasteiger partial charge on any atom is 0.306 e. The van der Waals surface area contributed by atoms with Gasteiger partial charge in [0.2, 0.25) is 0 Å². The number of hydrogen-bond acceptors (Lipinski definition) is 6. The van der Waals surface area contributed by atoms with Crippen molar-refractivity contribution in [3.63, 3.8) is 0 Å². The van der Waals surface area contributed by atoms with E-state index in [1.165, 1.54) is 51.4 Å². The molecule has 65 heavy (non-hydrogen) atoms. The van der Waals surface area contributed by atoms with E-state index in [4.69, 9.17) is 14.2 Å². The van der Waals surface area contributed by atoms with Crippen LogP contribution in [0.4, 0.5) is 0 Å². The fraction of sp³-hybridized carbons (Fsp3) is 0.610. The average Bonchev–Trinajstić information content (AvgIpc) is 3.30. The number of carbonyl (C=O) groups excluding carboxylic acids is 3. The predicted octanol–water partition coefficient (Wildman–Crippen LogP) is 17.3. The zero-order chi connectivity index (χ0) is 47.2. The number of rotatable bonds is 45. The smallest absolute Gasteiger partial charge is 0.306 e. The Morgan fingerprint density at radius 2 is 0.677 bits per heavy atom. The molecule has 0 N–H and O–H groups in total. The number of allylic oxidation sites excluding steroid dienone is 20. The normalized spacial score (nSPS) is 13.1. The SMILES string of the molecule is CC/C=C\C/C=C\C/C=C\CCCC(=O)OCC(COC(=O)CCCCCCC\C=C/C=C\C=C/C=C\CCCCC)OC(=O)CCCCCCC\C=C/C=C\C=C/CCCCCCC. The topological polar surface area (TPSA) is 78.9 Å². The molecule has 0 amide bonds. The van der Waals surface area contributed by atoms with Gasteiger partial charge in [0.25, 0.3) is 0 Å². The summed E-state index contributed by atoms with van der Waals surface area (Å²) in [6.45, 7) is 6.36. The maximum atomic E-state index is 12.8. The second-order valence-electron chi connectivity index (χ2n) is 16.8. The maximum absolute atomic E-state index is 12.8. The van der Waals surface area contributed by atoms with Crippen LogP contribution >= 0.6 is 0 Å². The molecule has 0 aromatic carbocycles. The molecular weight excluding hydrogens is 805 g/mol. The van der Waals surface area contributed by atoms with Gasteiger partial charge in [-0.3, -0.25) is 14.4 Å². The molecule has 0 heterocycles. The van der Waals surface area contributed by atoms with E-state index in [1.807, 2.05) is 0 Å². The predicted molar refractivity (Wildman–Crippen MR) is 279 cm³/mol. The van der Waals surface area contributed by atoms with Crippen molar-refractivity contribution < 1.29 is 28.6 Å². The molecule has 0 spiro atoms. The van der Waals surface area contributed by atoms with Gasteiger partial charge in [-0.05, 0) is 96.3 Å².